The van der Waals surface area contributed by atoms with Crippen molar-refractivity contribution in [3.63, 3.8) is 0 Å². The number of rotatable bonds is 6. The van der Waals surface area contributed by atoms with Crippen molar-refractivity contribution in [1.29, 1.82) is 0 Å². The zero-order valence-corrected chi connectivity index (χ0v) is 18.6. The van der Waals surface area contributed by atoms with Crippen LogP contribution in [0.15, 0.2) is 53.4 Å². The molecule has 2 heterocycles. The first-order chi connectivity index (χ1) is 14.4. The number of nitrogens with zero attached hydrogens (tertiary/aromatic N) is 3. The van der Waals surface area contributed by atoms with E-state index in [-0.39, 0.29) is 11.4 Å². The minimum atomic E-state index is -3.66. The van der Waals surface area contributed by atoms with Crippen LogP contribution in [-0.4, -0.2) is 29.0 Å². The molecule has 8 heteroatoms. The van der Waals surface area contributed by atoms with Gasteiger partial charge in [-0.3, -0.25) is 4.68 Å². The average Bonchev–Trinajstić information content (AvgIpc) is 3.06. The van der Waals surface area contributed by atoms with Gasteiger partial charge in [0.2, 0.25) is 10.0 Å². The summed E-state index contributed by atoms with van der Waals surface area (Å²) in [6.07, 6.45) is 0.608. The molecule has 30 heavy (non-hydrogen) atoms. The number of fused-ring (bicyclic) bond motifs is 1. The maximum atomic E-state index is 13.3. The summed E-state index contributed by atoms with van der Waals surface area (Å²) >= 11 is 6.16. The van der Waals surface area contributed by atoms with Gasteiger partial charge in [-0.1, -0.05) is 48.0 Å². The summed E-state index contributed by atoms with van der Waals surface area (Å²) in [7, 11) is -1.76. The first-order valence-electron chi connectivity index (χ1n) is 9.78. The van der Waals surface area contributed by atoms with Gasteiger partial charge in [0.05, 0.1) is 23.8 Å². The number of sulfonamides is 1. The third kappa shape index (κ3) is 4.03. The highest BCUT2D eigenvalue weighted by Crippen LogP contribution is 2.30. The van der Waals surface area contributed by atoms with Crippen LogP contribution >= 0.6 is 11.6 Å². The summed E-state index contributed by atoms with van der Waals surface area (Å²) < 4.78 is 35.8. The van der Waals surface area contributed by atoms with Crippen LogP contribution in [0, 0.1) is 6.92 Å². The third-order valence-electron chi connectivity index (χ3n) is 5.48. The van der Waals surface area contributed by atoms with E-state index in [2.05, 4.69) is 5.10 Å². The largest absolute Gasteiger partial charge is 0.370 e. The third-order valence-corrected chi connectivity index (χ3v) is 7.88. The van der Waals surface area contributed by atoms with Crippen molar-refractivity contribution >= 4 is 21.6 Å². The van der Waals surface area contributed by atoms with Crippen LogP contribution in [0.4, 0.5) is 0 Å². The number of benzene rings is 2. The maximum absolute atomic E-state index is 13.3. The lowest BCUT2D eigenvalue weighted by Gasteiger charge is -2.27. The molecule has 0 saturated heterocycles. The highest BCUT2D eigenvalue weighted by molar-refractivity contribution is 7.89. The lowest BCUT2D eigenvalue weighted by Crippen LogP contribution is -2.36. The maximum Gasteiger partial charge on any atom is 0.243 e. The Morgan fingerprint density at radius 2 is 1.87 bits per heavy atom. The van der Waals surface area contributed by atoms with Crippen LogP contribution in [0.5, 0.6) is 0 Å². The predicted molar refractivity (Wildman–Crippen MR) is 116 cm³/mol. The molecular formula is C22H24ClN3O3S. The molecule has 0 bridgehead atoms. The van der Waals surface area contributed by atoms with Gasteiger partial charge >= 0.3 is 0 Å². The molecule has 0 radical (unpaired) electrons. The van der Waals surface area contributed by atoms with Crippen LogP contribution in [-0.2, 0) is 48.0 Å². The molecule has 1 aromatic heterocycles. The molecule has 0 unspecified atom stereocenters. The normalized spacial score (nSPS) is 14.6. The van der Waals surface area contributed by atoms with Gasteiger partial charge < -0.3 is 4.74 Å². The van der Waals surface area contributed by atoms with E-state index in [1.54, 1.807) is 25.1 Å². The molecule has 3 aromatic rings. The van der Waals surface area contributed by atoms with Crippen molar-refractivity contribution in [2.24, 2.45) is 7.05 Å². The Morgan fingerprint density at radius 3 is 2.63 bits per heavy atom. The monoisotopic (exact) mass is 445 g/mol. The second-order valence-electron chi connectivity index (χ2n) is 7.43. The smallest absolute Gasteiger partial charge is 0.243 e. The SMILES string of the molecule is Cc1c(Cl)cccc1S(=O)(=O)N1CCc2c(c(COCc3ccccc3)nn2C)C1. The van der Waals surface area contributed by atoms with E-state index in [0.717, 1.165) is 22.5 Å². The summed E-state index contributed by atoms with van der Waals surface area (Å²) in [6.45, 7) is 3.24. The summed E-state index contributed by atoms with van der Waals surface area (Å²) in [5.41, 5.74) is 4.43. The van der Waals surface area contributed by atoms with Gasteiger partial charge in [0, 0.05) is 42.8 Å². The lowest BCUT2D eigenvalue weighted by molar-refractivity contribution is 0.103. The van der Waals surface area contributed by atoms with Crippen molar-refractivity contribution in [3.05, 3.63) is 81.6 Å². The Morgan fingerprint density at radius 1 is 1.10 bits per heavy atom. The molecule has 0 fully saturated rings. The van der Waals surface area contributed by atoms with Crippen molar-refractivity contribution in [2.45, 2.75) is 38.0 Å². The summed E-state index contributed by atoms with van der Waals surface area (Å²) in [5, 5.41) is 5.04. The molecule has 0 spiro atoms. The number of ether oxygens (including phenoxy) is 1. The van der Waals surface area contributed by atoms with Crippen molar-refractivity contribution < 1.29 is 13.2 Å². The molecule has 1 aliphatic heterocycles. The number of aryl methyl sites for hydroxylation is 1. The Balaban J connectivity index is 1.55. The second-order valence-corrected chi connectivity index (χ2v) is 9.74. The molecule has 0 amide bonds. The van der Waals surface area contributed by atoms with Gasteiger partial charge in [-0.25, -0.2) is 8.42 Å². The van der Waals surface area contributed by atoms with Gasteiger partial charge in [0.15, 0.2) is 0 Å². The Kier molecular flexibility index (Phi) is 5.97. The zero-order chi connectivity index (χ0) is 21.3. The molecule has 158 valence electrons. The molecule has 4 rings (SSSR count). The number of aromatic nitrogens is 2. The number of hydrogen-bond donors (Lipinski definition) is 0. The van der Waals surface area contributed by atoms with E-state index >= 15 is 0 Å². The van der Waals surface area contributed by atoms with Gasteiger partial charge in [-0.2, -0.15) is 9.40 Å². The lowest BCUT2D eigenvalue weighted by atomic mass is 10.1. The van der Waals surface area contributed by atoms with E-state index in [1.807, 2.05) is 42.1 Å². The summed E-state index contributed by atoms with van der Waals surface area (Å²) in [4.78, 5) is 0.254. The average molecular weight is 446 g/mol. The van der Waals surface area contributed by atoms with Crippen molar-refractivity contribution in [3.8, 4) is 0 Å². The van der Waals surface area contributed by atoms with Crippen LogP contribution in [0.2, 0.25) is 5.02 Å². The van der Waals surface area contributed by atoms with Gasteiger partial charge in [-0.05, 0) is 30.2 Å². The minimum Gasteiger partial charge on any atom is -0.370 e. The summed E-state index contributed by atoms with van der Waals surface area (Å²) in [5.74, 6) is 0. The fraction of sp³-hybridized carbons (Fsp3) is 0.318. The second kappa shape index (κ2) is 8.51. The predicted octanol–water partition coefficient (Wildman–Crippen LogP) is 3.85. The van der Waals surface area contributed by atoms with E-state index in [9.17, 15) is 8.42 Å². The first-order valence-corrected chi connectivity index (χ1v) is 11.6. The van der Waals surface area contributed by atoms with E-state index in [1.165, 1.54) is 4.31 Å². The molecule has 0 saturated carbocycles. The minimum absolute atomic E-state index is 0.254. The molecular weight excluding hydrogens is 422 g/mol. The number of hydrogen-bond acceptors (Lipinski definition) is 4. The summed E-state index contributed by atoms with van der Waals surface area (Å²) in [6, 6.07) is 14.9. The van der Waals surface area contributed by atoms with Gasteiger partial charge in [-0.15, -0.1) is 0 Å². The highest BCUT2D eigenvalue weighted by Gasteiger charge is 2.33. The first kappa shape index (κ1) is 21.1. The Hall–Kier alpha value is -2.19. The fourth-order valence-electron chi connectivity index (χ4n) is 3.81. The van der Waals surface area contributed by atoms with E-state index < -0.39 is 10.0 Å². The molecule has 6 nitrogen and oxygen atoms in total. The van der Waals surface area contributed by atoms with Crippen LogP contribution in [0.3, 0.4) is 0 Å². The molecule has 0 atom stereocenters. The van der Waals surface area contributed by atoms with E-state index in [0.29, 0.717) is 36.8 Å². The Bertz CT molecular complexity index is 1160. The molecule has 0 aliphatic carbocycles. The molecule has 1 aliphatic rings. The quantitative estimate of drug-likeness (QED) is 0.578. The topological polar surface area (TPSA) is 64.4 Å². The highest BCUT2D eigenvalue weighted by atomic mass is 35.5. The van der Waals surface area contributed by atoms with Gasteiger partial charge in [0.25, 0.3) is 0 Å². The van der Waals surface area contributed by atoms with Crippen LogP contribution in [0.25, 0.3) is 0 Å². The molecule has 0 N–H and O–H groups in total. The molecule has 2 aromatic carbocycles. The standard InChI is InChI=1S/C22H24ClN3O3S/c1-16-19(23)9-6-10-22(16)30(27,28)26-12-11-21-18(13-26)20(24-25(21)2)15-29-14-17-7-4-3-5-8-17/h3-10H,11-15H2,1-2H3. The van der Waals surface area contributed by atoms with Crippen LogP contribution in [0.1, 0.15) is 28.1 Å². The van der Waals surface area contributed by atoms with Crippen LogP contribution < -0.4 is 0 Å². The Labute approximate surface area is 182 Å². The fourth-order valence-corrected chi connectivity index (χ4v) is 5.70. The van der Waals surface area contributed by atoms with E-state index in [4.69, 9.17) is 16.3 Å². The zero-order valence-electron chi connectivity index (χ0n) is 17.0. The van der Waals surface area contributed by atoms with Crippen molar-refractivity contribution in [2.75, 3.05) is 6.54 Å². The number of halogens is 1. The van der Waals surface area contributed by atoms with Crippen molar-refractivity contribution in [1.82, 2.24) is 14.1 Å². The van der Waals surface area contributed by atoms with Gasteiger partial charge in [0.1, 0.15) is 0 Å².